The van der Waals surface area contributed by atoms with Crippen molar-refractivity contribution in [2.45, 2.75) is 0 Å². The number of nitrogens with zero attached hydrogens (tertiary/aromatic N) is 4. The van der Waals surface area contributed by atoms with E-state index < -0.39 is 0 Å². The molecule has 0 aliphatic rings. The van der Waals surface area contributed by atoms with Crippen LogP contribution in [0.3, 0.4) is 0 Å². The van der Waals surface area contributed by atoms with E-state index in [0.29, 0.717) is 0 Å². The molecule has 0 spiro atoms. The number of aromatic nitrogens is 4. The van der Waals surface area contributed by atoms with Gasteiger partial charge in [-0.05, 0) is 162 Å². The summed E-state index contributed by atoms with van der Waals surface area (Å²) in [5, 5.41) is 2.29. The molecule has 0 N–H and O–H groups in total. The number of hydrogen-bond acceptors (Lipinski definition) is 3. The lowest BCUT2D eigenvalue weighted by molar-refractivity contribution is 1.17. The van der Waals surface area contributed by atoms with Crippen LogP contribution in [0.25, 0.3) is 150 Å². The second-order valence-electron chi connectivity index (χ2n) is 21.5. The van der Waals surface area contributed by atoms with E-state index in [1.54, 1.807) is 0 Å². The summed E-state index contributed by atoms with van der Waals surface area (Å²) in [6.07, 6.45) is 5.66. The van der Waals surface area contributed by atoms with Crippen LogP contribution in [0.1, 0.15) is 0 Å². The highest BCUT2D eigenvalue weighted by atomic mass is 15.0. The van der Waals surface area contributed by atoms with Gasteiger partial charge in [0.15, 0.2) is 0 Å². The Hall–Kier alpha value is -11.3. The molecule has 0 aliphatic heterocycles. The molecular formula is C81H54N4. The fourth-order valence-corrected chi connectivity index (χ4v) is 12.4. The molecule has 4 aromatic heterocycles. The van der Waals surface area contributed by atoms with Crippen LogP contribution < -0.4 is 0 Å². The van der Waals surface area contributed by atoms with E-state index in [1.165, 1.54) is 11.1 Å². The van der Waals surface area contributed by atoms with Gasteiger partial charge in [0.05, 0.1) is 28.1 Å². The van der Waals surface area contributed by atoms with E-state index in [2.05, 4.69) is 300 Å². The summed E-state index contributed by atoms with van der Waals surface area (Å²) >= 11 is 0. The van der Waals surface area contributed by atoms with Gasteiger partial charge in [0, 0.05) is 51.7 Å². The van der Waals surface area contributed by atoms with Gasteiger partial charge in [-0.3, -0.25) is 15.0 Å². The van der Waals surface area contributed by atoms with E-state index in [9.17, 15) is 0 Å². The fourth-order valence-electron chi connectivity index (χ4n) is 12.4. The highest BCUT2D eigenvalue weighted by Gasteiger charge is 2.22. The minimum absolute atomic E-state index is 0.942. The van der Waals surface area contributed by atoms with Gasteiger partial charge in [0.1, 0.15) is 0 Å². The molecule has 4 nitrogen and oxygen atoms in total. The van der Waals surface area contributed by atoms with Crippen LogP contribution in [-0.2, 0) is 0 Å². The lowest BCUT2D eigenvalue weighted by atomic mass is 9.84. The second kappa shape index (κ2) is 22.2. The minimum Gasteiger partial charge on any atom is -0.309 e. The maximum absolute atomic E-state index is 5.24. The predicted octanol–water partition coefficient (Wildman–Crippen LogP) is 21.3. The quantitative estimate of drug-likeness (QED) is 0.122. The average Bonchev–Trinajstić information content (AvgIpc) is 3.40. The molecule has 0 amide bonds. The number of benzene rings is 11. The van der Waals surface area contributed by atoms with Gasteiger partial charge in [0.2, 0.25) is 0 Å². The molecule has 0 aliphatic carbocycles. The zero-order valence-corrected chi connectivity index (χ0v) is 46.5. The molecule has 398 valence electrons. The number of pyridine rings is 3. The van der Waals surface area contributed by atoms with Crippen LogP contribution >= 0.6 is 0 Å². The Labute approximate surface area is 495 Å². The first-order chi connectivity index (χ1) is 42.2. The molecule has 0 radical (unpaired) electrons. The van der Waals surface area contributed by atoms with Gasteiger partial charge < -0.3 is 4.57 Å². The smallest absolute Gasteiger partial charge is 0.0802 e. The van der Waals surface area contributed by atoms with E-state index in [0.717, 1.165) is 139 Å². The third kappa shape index (κ3) is 9.68. The van der Waals surface area contributed by atoms with Crippen LogP contribution in [0.4, 0.5) is 0 Å². The maximum Gasteiger partial charge on any atom is 0.0802 e. The summed E-state index contributed by atoms with van der Waals surface area (Å²) in [6, 6.07) is 112. The first-order valence-electron chi connectivity index (χ1n) is 28.9. The van der Waals surface area contributed by atoms with Crippen LogP contribution in [0.15, 0.2) is 328 Å². The summed E-state index contributed by atoms with van der Waals surface area (Å²) in [4.78, 5) is 14.5. The molecular weight excluding hydrogens is 1030 g/mol. The first kappa shape index (κ1) is 50.6. The standard InChI is InChI=1S/C81H54N4/c1-3-19-55(20-4-1)56-33-35-59(36-34-56)75-54-62(81-80-74-29-13-14-32-78(74)85(79(80)47-50-84-81)66-21-5-2-6-22-66)45-46-73(75)72-28-12-11-27-71(72)65-52-63(69-25-9-7-23-67(69)57-37-41-60(42-38-57)76-30-15-17-48-82-76)51-64(53-65)70-26-10-8-24-68(70)58-39-43-61(44-40-58)77-31-16-18-49-83-77/h1-54H. The number of hydrogen-bond donors (Lipinski definition) is 0. The van der Waals surface area contributed by atoms with Gasteiger partial charge in [0.25, 0.3) is 0 Å². The number of rotatable bonds is 12. The van der Waals surface area contributed by atoms with Gasteiger partial charge in [-0.25, -0.2) is 0 Å². The monoisotopic (exact) mass is 1080 g/mol. The molecule has 15 aromatic rings. The van der Waals surface area contributed by atoms with Crippen molar-refractivity contribution in [3.63, 3.8) is 0 Å². The van der Waals surface area contributed by atoms with Crippen molar-refractivity contribution in [1.82, 2.24) is 19.5 Å². The van der Waals surface area contributed by atoms with Crippen molar-refractivity contribution in [2.24, 2.45) is 0 Å². The molecule has 0 fully saturated rings. The molecule has 0 atom stereocenters. The highest BCUT2D eigenvalue weighted by molar-refractivity contribution is 6.15. The van der Waals surface area contributed by atoms with Crippen LogP contribution in [-0.4, -0.2) is 19.5 Å². The summed E-state index contributed by atoms with van der Waals surface area (Å²) in [5.41, 5.74) is 27.6. The Morgan fingerprint density at radius 2 is 0.612 bits per heavy atom. The lowest BCUT2D eigenvalue weighted by Crippen LogP contribution is -1.95. The van der Waals surface area contributed by atoms with Gasteiger partial charge in [-0.15, -0.1) is 0 Å². The highest BCUT2D eigenvalue weighted by Crippen LogP contribution is 2.46. The summed E-state index contributed by atoms with van der Waals surface area (Å²) in [5.74, 6) is 0. The van der Waals surface area contributed by atoms with Crippen molar-refractivity contribution in [2.75, 3.05) is 0 Å². The summed E-state index contributed by atoms with van der Waals surface area (Å²) in [7, 11) is 0. The van der Waals surface area contributed by atoms with Crippen LogP contribution in [0, 0.1) is 0 Å². The zero-order chi connectivity index (χ0) is 56.5. The third-order valence-electron chi connectivity index (χ3n) is 16.4. The number of para-hydroxylation sites is 2. The van der Waals surface area contributed by atoms with Crippen molar-refractivity contribution >= 4 is 21.8 Å². The summed E-state index contributed by atoms with van der Waals surface area (Å²) < 4.78 is 2.36. The molecule has 4 heterocycles. The topological polar surface area (TPSA) is 43.6 Å². The SMILES string of the molecule is c1ccc(-c2ccc(-c3cc(-c4nccc5c4c4ccccc4n5-c4ccccc4)ccc3-c3ccccc3-c3cc(-c4ccccc4-c4ccc(-c5ccccn5)cc4)cc(-c4ccccc4-c4ccc(-c5ccccn5)cc4)c3)cc2)cc1. The van der Waals surface area contributed by atoms with Gasteiger partial charge in [-0.2, -0.15) is 0 Å². The van der Waals surface area contributed by atoms with Crippen molar-refractivity contribution in [1.29, 1.82) is 0 Å². The molecule has 0 unspecified atom stereocenters. The molecule has 0 saturated carbocycles. The van der Waals surface area contributed by atoms with E-state index in [1.807, 2.05) is 42.9 Å². The van der Waals surface area contributed by atoms with Crippen molar-refractivity contribution < 1.29 is 0 Å². The average molecular weight is 1080 g/mol. The van der Waals surface area contributed by atoms with Crippen LogP contribution in [0.5, 0.6) is 0 Å². The Morgan fingerprint density at radius 1 is 0.212 bits per heavy atom. The van der Waals surface area contributed by atoms with Crippen LogP contribution in [0.2, 0.25) is 0 Å². The van der Waals surface area contributed by atoms with E-state index in [4.69, 9.17) is 4.98 Å². The maximum atomic E-state index is 5.24. The van der Waals surface area contributed by atoms with Crippen molar-refractivity contribution in [3.8, 4) is 128 Å². The van der Waals surface area contributed by atoms with Gasteiger partial charge >= 0.3 is 0 Å². The largest absolute Gasteiger partial charge is 0.309 e. The predicted molar refractivity (Wildman–Crippen MR) is 354 cm³/mol. The Morgan fingerprint density at radius 3 is 1.15 bits per heavy atom. The normalized spacial score (nSPS) is 11.3. The van der Waals surface area contributed by atoms with E-state index >= 15 is 0 Å². The minimum atomic E-state index is 0.942. The second-order valence-corrected chi connectivity index (χ2v) is 21.5. The fraction of sp³-hybridized carbons (Fsp3) is 0. The first-order valence-corrected chi connectivity index (χ1v) is 28.9. The molecule has 85 heavy (non-hydrogen) atoms. The molecule has 0 bridgehead atoms. The molecule has 15 rings (SSSR count). The number of fused-ring (bicyclic) bond motifs is 3. The Balaban J connectivity index is 0.923. The van der Waals surface area contributed by atoms with E-state index in [-0.39, 0.29) is 0 Å². The summed E-state index contributed by atoms with van der Waals surface area (Å²) in [6.45, 7) is 0. The van der Waals surface area contributed by atoms with Gasteiger partial charge in [-0.1, -0.05) is 237 Å². The molecule has 4 heteroatoms. The van der Waals surface area contributed by atoms with Crippen molar-refractivity contribution in [3.05, 3.63) is 328 Å². The lowest BCUT2D eigenvalue weighted by Gasteiger charge is -2.19. The zero-order valence-electron chi connectivity index (χ0n) is 46.5. The Bertz CT molecular complexity index is 4740. The molecule has 0 saturated heterocycles. The molecule has 11 aromatic carbocycles. The Kier molecular flexibility index (Phi) is 13.2. The third-order valence-corrected chi connectivity index (χ3v) is 16.4.